The summed E-state index contributed by atoms with van der Waals surface area (Å²) in [4.78, 5) is 1.87. The molecule has 0 saturated heterocycles. The third-order valence-electron chi connectivity index (χ3n) is 1.41. The molecule has 0 rings (SSSR count). The summed E-state index contributed by atoms with van der Waals surface area (Å²) in [5.41, 5.74) is -0.658. The summed E-state index contributed by atoms with van der Waals surface area (Å²) in [6.07, 6.45) is 0. The molecule has 0 radical (unpaired) electrons. The van der Waals surface area contributed by atoms with Crippen LogP contribution in [0.4, 0.5) is 0 Å². The average Bonchev–Trinajstić information content (AvgIpc) is 1.89. The van der Waals surface area contributed by atoms with Gasteiger partial charge in [0, 0.05) is 0 Å². The van der Waals surface area contributed by atoms with Gasteiger partial charge in [-0.25, -0.2) is 0 Å². The van der Waals surface area contributed by atoms with Crippen LogP contribution >= 0.6 is 0 Å². The Labute approximate surface area is 64.9 Å². The molecule has 0 aliphatic rings. The van der Waals surface area contributed by atoms with Gasteiger partial charge in [-0.3, -0.25) is 4.90 Å². The van der Waals surface area contributed by atoms with E-state index in [1.807, 2.05) is 32.7 Å². The second kappa shape index (κ2) is 5.69. The van der Waals surface area contributed by atoms with Gasteiger partial charge in [0.05, 0.1) is 0 Å². The van der Waals surface area contributed by atoms with Crippen LogP contribution in [0.15, 0.2) is 0 Å². The van der Waals surface area contributed by atoms with E-state index < -0.39 is 5.72 Å². The van der Waals surface area contributed by atoms with Crippen molar-refractivity contribution in [3.8, 4) is 0 Å². The molecule has 1 N–H and O–H groups in total. The normalized spacial score (nSPS) is 10.8. The first kappa shape index (κ1) is 12.6. The molecule has 0 saturated carbocycles. The van der Waals surface area contributed by atoms with E-state index in [0.717, 1.165) is 6.54 Å². The van der Waals surface area contributed by atoms with Crippen LogP contribution in [0.1, 0.15) is 34.6 Å². The maximum Gasteiger partial charge on any atom is 0.112 e. The Morgan fingerprint density at radius 2 is 1.60 bits per heavy atom. The van der Waals surface area contributed by atoms with Crippen molar-refractivity contribution in [3.05, 3.63) is 0 Å². The molecule has 0 aromatic rings. The number of hydrogen-bond acceptors (Lipinski definition) is 2. The van der Waals surface area contributed by atoms with Gasteiger partial charge in [-0.1, -0.05) is 20.8 Å². The fourth-order valence-electron chi connectivity index (χ4n) is 0.387. The van der Waals surface area contributed by atoms with E-state index in [1.54, 1.807) is 13.8 Å². The van der Waals surface area contributed by atoms with Gasteiger partial charge in [0.25, 0.3) is 0 Å². The Balaban J connectivity index is 0. The van der Waals surface area contributed by atoms with E-state index in [4.69, 9.17) is 0 Å². The minimum atomic E-state index is -0.658. The molecule has 0 bridgehead atoms. The highest BCUT2D eigenvalue weighted by Crippen LogP contribution is 2.04. The standard InChI is InChI=1S/C6H15NO.C2H6/c1-5-7(4)6(2,3)8;1-2/h8H,5H2,1-4H3;1-2H3. The first-order valence-corrected chi connectivity index (χ1v) is 3.92. The zero-order chi connectivity index (χ0) is 8.78. The molecular weight excluding hydrogens is 126 g/mol. The molecule has 0 aliphatic heterocycles. The van der Waals surface area contributed by atoms with E-state index in [1.165, 1.54) is 0 Å². The average molecular weight is 147 g/mol. The fraction of sp³-hybridized carbons (Fsp3) is 1.00. The predicted octanol–water partition coefficient (Wildman–Crippen LogP) is 1.69. The molecule has 2 heteroatoms. The third-order valence-corrected chi connectivity index (χ3v) is 1.41. The molecule has 0 amide bonds. The molecule has 64 valence electrons. The Morgan fingerprint density at radius 1 is 1.30 bits per heavy atom. The Hall–Kier alpha value is -0.0800. The van der Waals surface area contributed by atoms with Crippen LogP contribution < -0.4 is 0 Å². The summed E-state index contributed by atoms with van der Waals surface area (Å²) in [6.45, 7) is 10.4. The number of hydrogen-bond donors (Lipinski definition) is 1. The van der Waals surface area contributed by atoms with Gasteiger partial charge in [0.1, 0.15) is 5.72 Å². The minimum Gasteiger partial charge on any atom is -0.376 e. The fourth-order valence-corrected chi connectivity index (χ4v) is 0.387. The van der Waals surface area contributed by atoms with Crippen molar-refractivity contribution in [2.75, 3.05) is 13.6 Å². The molecule has 0 fully saturated rings. The second-order valence-electron chi connectivity index (χ2n) is 2.51. The molecule has 10 heavy (non-hydrogen) atoms. The lowest BCUT2D eigenvalue weighted by molar-refractivity contribution is -0.0601. The summed E-state index contributed by atoms with van der Waals surface area (Å²) in [5.74, 6) is 0. The maximum atomic E-state index is 9.21. The van der Waals surface area contributed by atoms with Crippen LogP contribution in [0.5, 0.6) is 0 Å². The van der Waals surface area contributed by atoms with E-state index >= 15 is 0 Å². The second-order valence-corrected chi connectivity index (χ2v) is 2.51. The number of nitrogens with zero attached hydrogens (tertiary/aromatic N) is 1. The largest absolute Gasteiger partial charge is 0.376 e. The van der Waals surface area contributed by atoms with Crippen LogP contribution in [0.25, 0.3) is 0 Å². The summed E-state index contributed by atoms with van der Waals surface area (Å²) in [6, 6.07) is 0. The van der Waals surface area contributed by atoms with E-state index in [9.17, 15) is 5.11 Å². The van der Waals surface area contributed by atoms with Crippen LogP contribution in [-0.4, -0.2) is 29.3 Å². The van der Waals surface area contributed by atoms with Gasteiger partial charge < -0.3 is 5.11 Å². The smallest absolute Gasteiger partial charge is 0.112 e. The van der Waals surface area contributed by atoms with Crippen molar-refractivity contribution in [2.24, 2.45) is 0 Å². The van der Waals surface area contributed by atoms with Crippen LogP contribution in [0.3, 0.4) is 0 Å². The summed E-state index contributed by atoms with van der Waals surface area (Å²) in [5, 5.41) is 9.21. The Kier molecular flexibility index (Phi) is 7.15. The van der Waals surface area contributed by atoms with Crippen molar-refractivity contribution in [1.29, 1.82) is 0 Å². The van der Waals surface area contributed by atoms with Crippen LogP contribution in [0, 0.1) is 0 Å². The van der Waals surface area contributed by atoms with Crippen LogP contribution in [0.2, 0.25) is 0 Å². The zero-order valence-corrected chi connectivity index (χ0v) is 8.10. The molecule has 0 atom stereocenters. The van der Waals surface area contributed by atoms with Gasteiger partial charge in [-0.2, -0.15) is 0 Å². The molecule has 0 unspecified atom stereocenters. The first-order valence-electron chi connectivity index (χ1n) is 3.92. The number of rotatable bonds is 2. The predicted molar refractivity (Wildman–Crippen MR) is 45.9 cm³/mol. The molecule has 0 heterocycles. The summed E-state index contributed by atoms with van der Waals surface area (Å²) >= 11 is 0. The molecule has 0 aromatic heterocycles. The summed E-state index contributed by atoms with van der Waals surface area (Å²) in [7, 11) is 1.89. The van der Waals surface area contributed by atoms with Crippen LogP contribution in [-0.2, 0) is 0 Å². The zero-order valence-electron chi connectivity index (χ0n) is 8.10. The highest BCUT2D eigenvalue weighted by atomic mass is 16.3. The van der Waals surface area contributed by atoms with Crippen molar-refractivity contribution in [3.63, 3.8) is 0 Å². The molecular formula is C8H21NO. The molecule has 2 nitrogen and oxygen atoms in total. The van der Waals surface area contributed by atoms with Crippen molar-refractivity contribution in [2.45, 2.75) is 40.3 Å². The maximum absolute atomic E-state index is 9.21. The first-order chi connectivity index (χ1) is 4.48. The van der Waals surface area contributed by atoms with Gasteiger partial charge in [-0.05, 0) is 27.4 Å². The van der Waals surface area contributed by atoms with Crippen molar-refractivity contribution in [1.82, 2.24) is 4.90 Å². The monoisotopic (exact) mass is 147 g/mol. The number of aliphatic hydroxyl groups is 1. The molecule has 0 aliphatic carbocycles. The lowest BCUT2D eigenvalue weighted by Crippen LogP contribution is -2.40. The lowest BCUT2D eigenvalue weighted by Gasteiger charge is -2.28. The lowest BCUT2D eigenvalue weighted by atomic mass is 10.3. The summed E-state index contributed by atoms with van der Waals surface area (Å²) < 4.78 is 0. The quantitative estimate of drug-likeness (QED) is 0.601. The van der Waals surface area contributed by atoms with E-state index in [2.05, 4.69) is 0 Å². The Morgan fingerprint density at radius 3 is 1.60 bits per heavy atom. The van der Waals surface area contributed by atoms with Gasteiger partial charge in [0.2, 0.25) is 0 Å². The molecule has 0 aromatic carbocycles. The minimum absolute atomic E-state index is 0.658. The van der Waals surface area contributed by atoms with Crippen molar-refractivity contribution >= 4 is 0 Å². The topological polar surface area (TPSA) is 23.5 Å². The van der Waals surface area contributed by atoms with E-state index in [-0.39, 0.29) is 0 Å². The Bertz CT molecular complexity index is 66.1. The van der Waals surface area contributed by atoms with Gasteiger partial charge >= 0.3 is 0 Å². The van der Waals surface area contributed by atoms with Gasteiger partial charge in [0.15, 0.2) is 0 Å². The van der Waals surface area contributed by atoms with Crippen molar-refractivity contribution < 1.29 is 5.11 Å². The third kappa shape index (κ3) is 6.05. The van der Waals surface area contributed by atoms with E-state index in [0.29, 0.717) is 0 Å². The highest BCUT2D eigenvalue weighted by Gasteiger charge is 2.16. The highest BCUT2D eigenvalue weighted by molar-refractivity contribution is 4.61. The molecule has 0 spiro atoms. The van der Waals surface area contributed by atoms with Gasteiger partial charge in [-0.15, -0.1) is 0 Å². The SMILES string of the molecule is CC.CCN(C)C(C)(C)O.